The fourth-order valence-corrected chi connectivity index (χ4v) is 2.79. The Labute approximate surface area is 137 Å². The van der Waals surface area contributed by atoms with Crippen LogP contribution >= 0.6 is 0 Å². The van der Waals surface area contributed by atoms with E-state index in [-0.39, 0.29) is 6.54 Å². The minimum absolute atomic E-state index is 0.313. The summed E-state index contributed by atoms with van der Waals surface area (Å²) in [5.74, 6) is 1.18. The van der Waals surface area contributed by atoms with Gasteiger partial charge < -0.3 is 10.6 Å². The third kappa shape index (κ3) is 9.93. The highest BCUT2D eigenvalue weighted by Gasteiger charge is 2.26. The van der Waals surface area contributed by atoms with Gasteiger partial charge in [0.2, 0.25) is 0 Å². The van der Waals surface area contributed by atoms with Crippen LogP contribution in [0.3, 0.4) is 0 Å². The number of alkyl halides is 3. The lowest BCUT2D eigenvalue weighted by atomic mass is 10.2. The molecule has 1 atom stereocenters. The van der Waals surface area contributed by atoms with Crippen LogP contribution in [-0.4, -0.2) is 41.7 Å². The Kier molecular flexibility index (Phi) is 8.68. The van der Waals surface area contributed by atoms with Crippen molar-refractivity contribution in [3.8, 4) is 0 Å². The van der Waals surface area contributed by atoms with Gasteiger partial charge >= 0.3 is 6.18 Å². The molecule has 0 saturated heterocycles. The standard InChI is InChI=1S/C15H22F3N3OS/c1-2-19-14(20-9-8-15(16,17)18)21-10-11-23(22)12-13-6-4-3-5-7-13/h3-7H,2,8-12H2,1H3,(H2,19,20,21). The number of guanidine groups is 1. The summed E-state index contributed by atoms with van der Waals surface area (Å²) in [6.45, 7) is 2.43. The number of rotatable bonds is 8. The van der Waals surface area contributed by atoms with Crippen LogP contribution in [0.1, 0.15) is 18.9 Å². The van der Waals surface area contributed by atoms with E-state index in [9.17, 15) is 17.4 Å². The fourth-order valence-electron chi connectivity index (χ4n) is 1.75. The number of aliphatic imine (C=N–C) groups is 1. The van der Waals surface area contributed by atoms with Crippen molar-refractivity contribution >= 4 is 16.8 Å². The van der Waals surface area contributed by atoms with Crippen LogP contribution in [-0.2, 0) is 16.6 Å². The van der Waals surface area contributed by atoms with Crippen molar-refractivity contribution < 1.29 is 17.4 Å². The average molecular weight is 349 g/mol. The third-order valence-corrected chi connectivity index (χ3v) is 4.12. The first-order chi connectivity index (χ1) is 10.9. The molecule has 0 bridgehead atoms. The van der Waals surface area contributed by atoms with Crippen LogP contribution < -0.4 is 10.6 Å². The van der Waals surface area contributed by atoms with Crippen LogP contribution in [0, 0.1) is 0 Å². The van der Waals surface area contributed by atoms with Gasteiger partial charge in [0.15, 0.2) is 5.96 Å². The van der Waals surface area contributed by atoms with Crippen molar-refractivity contribution in [1.82, 2.24) is 10.6 Å². The Morgan fingerprint density at radius 3 is 2.52 bits per heavy atom. The molecule has 1 aromatic carbocycles. The van der Waals surface area contributed by atoms with Gasteiger partial charge in [0.1, 0.15) is 0 Å². The Hall–Kier alpha value is -1.57. The van der Waals surface area contributed by atoms with Crippen molar-refractivity contribution in [2.45, 2.75) is 25.3 Å². The molecule has 0 spiro atoms. The van der Waals surface area contributed by atoms with Gasteiger partial charge in [-0.05, 0) is 12.5 Å². The first-order valence-electron chi connectivity index (χ1n) is 7.38. The lowest BCUT2D eigenvalue weighted by Crippen LogP contribution is -2.39. The molecular formula is C15H22F3N3OS. The van der Waals surface area contributed by atoms with E-state index in [1.165, 1.54) is 0 Å². The summed E-state index contributed by atoms with van der Waals surface area (Å²) in [4.78, 5) is 3.86. The largest absolute Gasteiger partial charge is 0.390 e. The van der Waals surface area contributed by atoms with Crippen molar-refractivity contribution in [3.05, 3.63) is 35.9 Å². The zero-order valence-corrected chi connectivity index (χ0v) is 13.8. The minimum atomic E-state index is -4.21. The topological polar surface area (TPSA) is 53.5 Å². The molecule has 0 aromatic heterocycles. The second-order valence-corrected chi connectivity index (χ2v) is 6.40. The highest BCUT2D eigenvalue weighted by molar-refractivity contribution is 7.84. The molecule has 0 amide bonds. The van der Waals surface area contributed by atoms with Crippen LogP contribution in [0.2, 0.25) is 0 Å². The molecular weight excluding hydrogens is 327 g/mol. The molecule has 0 saturated carbocycles. The first kappa shape index (κ1) is 19.5. The molecule has 1 unspecified atom stereocenters. The van der Waals surface area contributed by atoms with E-state index in [4.69, 9.17) is 0 Å². The number of nitrogens with zero attached hydrogens (tertiary/aromatic N) is 1. The summed E-state index contributed by atoms with van der Waals surface area (Å²) in [5, 5.41) is 5.77. The normalized spacial score (nSPS) is 13.7. The first-order valence-corrected chi connectivity index (χ1v) is 8.87. The molecule has 1 rings (SSSR count). The second-order valence-electron chi connectivity index (χ2n) is 4.83. The molecule has 0 radical (unpaired) electrons. The van der Waals surface area contributed by atoms with Crippen LogP contribution in [0.25, 0.3) is 0 Å². The van der Waals surface area contributed by atoms with E-state index in [0.717, 1.165) is 5.56 Å². The number of nitrogens with one attached hydrogen (secondary N) is 2. The zero-order valence-electron chi connectivity index (χ0n) is 13.0. The Morgan fingerprint density at radius 1 is 1.22 bits per heavy atom. The molecule has 0 heterocycles. The van der Waals surface area contributed by atoms with Gasteiger partial charge in [-0.15, -0.1) is 0 Å². The molecule has 2 N–H and O–H groups in total. The van der Waals surface area contributed by atoms with Gasteiger partial charge in [0.25, 0.3) is 0 Å². The van der Waals surface area contributed by atoms with Gasteiger partial charge in [-0.1, -0.05) is 30.3 Å². The maximum atomic E-state index is 12.1. The summed E-state index contributed by atoms with van der Waals surface area (Å²) < 4.78 is 48.3. The molecule has 0 aliphatic carbocycles. The second kappa shape index (κ2) is 10.3. The van der Waals surface area contributed by atoms with E-state index >= 15 is 0 Å². The smallest absolute Gasteiger partial charge is 0.357 e. The quantitative estimate of drug-likeness (QED) is 0.560. The lowest BCUT2D eigenvalue weighted by Gasteiger charge is -2.11. The summed E-state index contributed by atoms with van der Waals surface area (Å²) in [6, 6.07) is 9.50. The minimum Gasteiger partial charge on any atom is -0.357 e. The van der Waals surface area contributed by atoms with Gasteiger partial charge in [0.05, 0.1) is 13.0 Å². The number of hydrogen-bond acceptors (Lipinski definition) is 2. The Morgan fingerprint density at radius 2 is 1.91 bits per heavy atom. The summed E-state index contributed by atoms with van der Waals surface area (Å²) in [7, 11) is -1.04. The molecule has 0 aliphatic rings. The predicted octanol–water partition coefficient (Wildman–Crippen LogP) is 2.44. The van der Waals surface area contributed by atoms with Crippen LogP contribution in [0.4, 0.5) is 13.2 Å². The molecule has 0 fully saturated rings. The Bertz CT molecular complexity index is 506. The van der Waals surface area contributed by atoms with E-state index in [1.54, 1.807) is 0 Å². The third-order valence-electron chi connectivity index (χ3n) is 2.80. The van der Waals surface area contributed by atoms with Gasteiger partial charge in [-0.2, -0.15) is 13.2 Å². The van der Waals surface area contributed by atoms with Crippen molar-refractivity contribution in [2.75, 3.05) is 25.4 Å². The van der Waals surface area contributed by atoms with Gasteiger partial charge in [0, 0.05) is 35.4 Å². The monoisotopic (exact) mass is 349 g/mol. The fraction of sp³-hybridized carbons (Fsp3) is 0.533. The van der Waals surface area contributed by atoms with Crippen LogP contribution in [0.5, 0.6) is 0 Å². The molecule has 1 aromatic rings. The molecule has 23 heavy (non-hydrogen) atoms. The van der Waals surface area contributed by atoms with E-state index < -0.39 is 23.4 Å². The van der Waals surface area contributed by atoms with Crippen molar-refractivity contribution in [3.63, 3.8) is 0 Å². The maximum Gasteiger partial charge on any atom is 0.390 e. The number of hydrogen-bond donors (Lipinski definition) is 2. The predicted molar refractivity (Wildman–Crippen MR) is 87.8 cm³/mol. The summed E-state index contributed by atoms with van der Waals surface area (Å²) in [5.41, 5.74) is 0.997. The van der Waals surface area contributed by atoms with Gasteiger partial charge in [-0.3, -0.25) is 9.20 Å². The van der Waals surface area contributed by atoms with Crippen molar-refractivity contribution in [2.24, 2.45) is 4.99 Å². The average Bonchev–Trinajstić information content (AvgIpc) is 2.47. The number of halogens is 3. The molecule has 8 heteroatoms. The highest BCUT2D eigenvalue weighted by Crippen LogP contribution is 2.18. The number of benzene rings is 1. The SMILES string of the molecule is CCNC(=NCCC(F)(F)F)NCCS(=O)Cc1ccccc1. The lowest BCUT2D eigenvalue weighted by molar-refractivity contribution is -0.132. The molecule has 0 aliphatic heterocycles. The maximum absolute atomic E-state index is 12.1. The summed E-state index contributed by atoms with van der Waals surface area (Å²) in [6.07, 6.45) is -5.17. The van der Waals surface area contributed by atoms with E-state index in [0.29, 0.717) is 30.6 Å². The van der Waals surface area contributed by atoms with Gasteiger partial charge in [-0.25, -0.2) is 0 Å². The van der Waals surface area contributed by atoms with Crippen LogP contribution in [0.15, 0.2) is 35.3 Å². The van der Waals surface area contributed by atoms with Crippen molar-refractivity contribution in [1.29, 1.82) is 0 Å². The summed E-state index contributed by atoms with van der Waals surface area (Å²) >= 11 is 0. The van der Waals surface area contributed by atoms with E-state index in [2.05, 4.69) is 15.6 Å². The van der Waals surface area contributed by atoms with E-state index in [1.807, 2.05) is 37.3 Å². The molecule has 4 nitrogen and oxygen atoms in total. The highest BCUT2D eigenvalue weighted by atomic mass is 32.2. The zero-order chi connectivity index (χ0) is 17.1. The molecule has 130 valence electrons. The Balaban J connectivity index is 2.34.